The van der Waals surface area contributed by atoms with Crippen LogP contribution in [0, 0.1) is 0 Å². The van der Waals surface area contributed by atoms with Crippen LogP contribution in [0.4, 0.5) is 5.69 Å². The molecule has 1 aromatic carbocycles. The lowest BCUT2D eigenvalue weighted by Crippen LogP contribution is -2.43. The van der Waals surface area contributed by atoms with Crippen molar-refractivity contribution >= 4 is 11.6 Å². The number of hydrogen-bond donors (Lipinski definition) is 2. The highest BCUT2D eigenvalue weighted by Crippen LogP contribution is 2.23. The molecule has 1 unspecified atom stereocenters. The summed E-state index contributed by atoms with van der Waals surface area (Å²) in [6.07, 6.45) is 3.24. The number of anilines is 1. The van der Waals surface area contributed by atoms with Crippen LogP contribution in [0.5, 0.6) is 0 Å². The van der Waals surface area contributed by atoms with Gasteiger partial charge in [0.1, 0.15) is 0 Å². The van der Waals surface area contributed by atoms with Gasteiger partial charge in [-0.3, -0.25) is 4.79 Å². The molecule has 104 valence electrons. The van der Waals surface area contributed by atoms with Gasteiger partial charge in [-0.05, 0) is 42.5 Å². The minimum absolute atomic E-state index is 0.0314. The van der Waals surface area contributed by atoms with Gasteiger partial charge in [-0.1, -0.05) is 39.3 Å². The van der Waals surface area contributed by atoms with Crippen LogP contribution in [-0.2, 0) is 10.2 Å². The van der Waals surface area contributed by atoms with Crippen molar-refractivity contribution in [2.75, 3.05) is 11.9 Å². The van der Waals surface area contributed by atoms with Crippen molar-refractivity contribution in [2.24, 2.45) is 0 Å². The average molecular weight is 260 g/mol. The number of benzene rings is 1. The molecule has 1 aromatic rings. The average Bonchev–Trinajstić information content (AvgIpc) is 2.39. The Labute approximate surface area is 115 Å². The number of amides is 1. The molecule has 1 saturated heterocycles. The summed E-state index contributed by atoms with van der Waals surface area (Å²) in [5.41, 5.74) is 2.31. The van der Waals surface area contributed by atoms with Crippen LogP contribution in [-0.4, -0.2) is 18.5 Å². The number of carbonyl (C=O) groups excluding carboxylic acids is 1. The van der Waals surface area contributed by atoms with Crippen LogP contribution in [0.2, 0.25) is 0 Å². The summed E-state index contributed by atoms with van der Waals surface area (Å²) in [5.74, 6) is 0.0863. The fraction of sp³-hybridized carbons (Fsp3) is 0.562. The van der Waals surface area contributed by atoms with Gasteiger partial charge in [0.2, 0.25) is 5.91 Å². The Morgan fingerprint density at radius 3 is 2.42 bits per heavy atom. The van der Waals surface area contributed by atoms with Crippen molar-refractivity contribution in [1.29, 1.82) is 0 Å². The van der Waals surface area contributed by atoms with E-state index in [0.29, 0.717) is 0 Å². The number of rotatable bonds is 2. The maximum absolute atomic E-state index is 12.1. The Hall–Kier alpha value is -1.35. The van der Waals surface area contributed by atoms with E-state index in [-0.39, 0.29) is 17.4 Å². The Morgan fingerprint density at radius 1 is 1.21 bits per heavy atom. The molecular weight excluding hydrogens is 236 g/mol. The molecule has 1 aliphatic heterocycles. The zero-order chi connectivity index (χ0) is 13.9. The van der Waals surface area contributed by atoms with Crippen LogP contribution < -0.4 is 10.6 Å². The summed E-state index contributed by atoms with van der Waals surface area (Å²) in [4.78, 5) is 12.1. The first kappa shape index (κ1) is 14.1. The zero-order valence-electron chi connectivity index (χ0n) is 12.1. The lowest BCUT2D eigenvalue weighted by atomic mass is 9.87. The van der Waals surface area contributed by atoms with Crippen molar-refractivity contribution in [3.8, 4) is 0 Å². The van der Waals surface area contributed by atoms with E-state index in [4.69, 9.17) is 0 Å². The van der Waals surface area contributed by atoms with E-state index in [2.05, 4.69) is 43.5 Å². The van der Waals surface area contributed by atoms with Crippen molar-refractivity contribution < 1.29 is 4.79 Å². The van der Waals surface area contributed by atoms with Crippen LogP contribution in [0.25, 0.3) is 0 Å². The summed E-state index contributed by atoms with van der Waals surface area (Å²) >= 11 is 0. The Morgan fingerprint density at radius 2 is 1.89 bits per heavy atom. The van der Waals surface area contributed by atoms with Gasteiger partial charge in [0.15, 0.2) is 0 Å². The van der Waals surface area contributed by atoms with Gasteiger partial charge in [0.25, 0.3) is 0 Å². The summed E-state index contributed by atoms with van der Waals surface area (Å²) in [6, 6.07) is 8.12. The summed E-state index contributed by atoms with van der Waals surface area (Å²) in [6.45, 7) is 7.51. The number of piperidine rings is 1. The highest BCUT2D eigenvalue weighted by Gasteiger charge is 2.20. The number of carbonyl (C=O) groups is 1. The van der Waals surface area contributed by atoms with E-state index in [9.17, 15) is 4.79 Å². The second-order valence-electron chi connectivity index (χ2n) is 6.32. The molecule has 0 bridgehead atoms. The summed E-state index contributed by atoms with van der Waals surface area (Å²) in [5, 5.41) is 6.25. The van der Waals surface area contributed by atoms with Crippen molar-refractivity contribution in [3.63, 3.8) is 0 Å². The molecule has 1 amide bonds. The molecule has 2 rings (SSSR count). The molecule has 0 saturated carbocycles. The smallest absolute Gasteiger partial charge is 0.241 e. The molecule has 1 aliphatic rings. The van der Waals surface area contributed by atoms with E-state index in [1.165, 1.54) is 12.0 Å². The predicted molar refractivity (Wildman–Crippen MR) is 79.4 cm³/mol. The maximum Gasteiger partial charge on any atom is 0.241 e. The largest absolute Gasteiger partial charge is 0.325 e. The maximum atomic E-state index is 12.1. The first-order valence-electron chi connectivity index (χ1n) is 7.11. The SMILES string of the molecule is CC(C)(C)c1ccc(NC(=O)C2CCCCN2)cc1. The summed E-state index contributed by atoms with van der Waals surface area (Å²) in [7, 11) is 0. The van der Waals surface area contributed by atoms with Gasteiger partial charge in [0, 0.05) is 5.69 Å². The lowest BCUT2D eigenvalue weighted by Gasteiger charge is -2.23. The lowest BCUT2D eigenvalue weighted by molar-refractivity contribution is -0.118. The van der Waals surface area contributed by atoms with Gasteiger partial charge < -0.3 is 10.6 Å². The third kappa shape index (κ3) is 3.80. The molecule has 1 heterocycles. The van der Waals surface area contributed by atoms with E-state index in [1.807, 2.05) is 12.1 Å². The van der Waals surface area contributed by atoms with Crippen molar-refractivity contribution in [1.82, 2.24) is 5.32 Å². The topological polar surface area (TPSA) is 41.1 Å². The third-order valence-corrected chi connectivity index (χ3v) is 3.65. The predicted octanol–water partition coefficient (Wildman–Crippen LogP) is 3.06. The molecule has 3 nitrogen and oxygen atoms in total. The second-order valence-corrected chi connectivity index (χ2v) is 6.32. The van der Waals surface area contributed by atoms with Crippen LogP contribution in [0.1, 0.15) is 45.6 Å². The fourth-order valence-electron chi connectivity index (χ4n) is 2.36. The monoisotopic (exact) mass is 260 g/mol. The molecule has 1 atom stereocenters. The van der Waals surface area contributed by atoms with Gasteiger partial charge in [-0.25, -0.2) is 0 Å². The second kappa shape index (κ2) is 5.74. The molecular formula is C16H24N2O. The molecule has 2 N–H and O–H groups in total. The minimum Gasteiger partial charge on any atom is -0.325 e. The van der Waals surface area contributed by atoms with Crippen molar-refractivity contribution in [3.05, 3.63) is 29.8 Å². The number of nitrogens with one attached hydrogen (secondary N) is 2. The number of hydrogen-bond acceptors (Lipinski definition) is 2. The van der Waals surface area contributed by atoms with E-state index < -0.39 is 0 Å². The first-order valence-corrected chi connectivity index (χ1v) is 7.11. The van der Waals surface area contributed by atoms with Gasteiger partial charge >= 0.3 is 0 Å². The Bertz CT molecular complexity index is 425. The Kier molecular flexibility index (Phi) is 4.25. The van der Waals surface area contributed by atoms with E-state index >= 15 is 0 Å². The molecule has 0 radical (unpaired) electrons. The molecule has 1 fully saturated rings. The molecule has 19 heavy (non-hydrogen) atoms. The highest BCUT2D eigenvalue weighted by molar-refractivity contribution is 5.94. The zero-order valence-corrected chi connectivity index (χ0v) is 12.1. The quantitative estimate of drug-likeness (QED) is 0.858. The normalized spacial score (nSPS) is 20.1. The molecule has 0 aromatic heterocycles. The van der Waals surface area contributed by atoms with Gasteiger partial charge in [-0.2, -0.15) is 0 Å². The Balaban J connectivity index is 1.97. The van der Waals surface area contributed by atoms with Crippen LogP contribution in [0.3, 0.4) is 0 Å². The van der Waals surface area contributed by atoms with E-state index in [1.54, 1.807) is 0 Å². The van der Waals surface area contributed by atoms with Gasteiger partial charge in [-0.15, -0.1) is 0 Å². The standard InChI is InChI=1S/C16H24N2O/c1-16(2,3)12-7-9-13(10-8-12)18-15(19)14-6-4-5-11-17-14/h7-10,14,17H,4-6,11H2,1-3H3,(H,18,19). The third-order valence-electron chi connectivity index (χ3n) is 3.65. The molecule has 0 aliphatic carbocycles. The first-order chi connectivity index (χ1) is 8.97. The van der Waals surface area contributed by atoms with Gasteiger partial charge in [0.05, 0.1) is 6.04 Å². The summed E-state index contributed by atoms with van der Waals surface area (Å²) < 4.78 is 0. The minimum atomic E-state index is -0.0314. The van der Waals surface area contributed by atoms with Crippen LogP contribution in [0.15, 0.2) is 24.3 Å². The van der Waals surface area contributed by atoms with Crippen LogP contribution >= 0.6 is 0 Å². The van der Waals surface area contributed by atoms with E-state index in [0.717, 1.165) is 25.1 Å². The fourth-order valence-corrected chi connectivity index (χ4v) is 2.36. The van der Waals surface area contributed by atoms with Crippen molar-refractivity contribution in [2.45, 2.75) is 51.5 Å². The molecule has 0 spiro atoms. The highest BCUT2D eigenvalue weighted by atomic mass is 16.2. The molecule has 3 heteroatoms.